The summed E-state index contributed by atoms with van der Waals surface area (Å²) in [6, 6.07) is 0.439. The van der Waals surface area contributed by atoms with Crippen molar-refractivity contribution in [2.45, 2.75) is 51.8 Å². The van der Waals surface area contributed by atoms with Crippen LogP contribution in [0.1, 0.15) is 39.0 Å². The van der Waals surface area contributed by atoms with Crippen molar-refractivity contribution in [3.63, 3.8) is 0 Å². The largest absolute Gasteiger partial charge is 0.313 e. The first-order chi connectivity index (χ1) is 8.74. The number of halogens is 1. The molecule has 0 aromatic carbocycles. The van der Waals surface area contributed by atoms with Crippen molar-refractivity contribution in [2.75, 3.05) is 12.3 Å². The summed E-state index contributed by atoms with van der Waals surface area (Å²) in [6.07, 6.45) is 0.940. The molecule has 1 unspecified atom stereocenters. The van der Waals surface area contributed by atoms with E-state index in [1.807, 2.05) is 25.7 Å². The lowest BCUT2D eigenvalue weighted by molar-refractivity contribution is 0.569. The van der Waals surface area contributed by atoms with E-state index in [0.29, 0.717) is 10.8 Å². The van der Waals surface area contributed by atoms with Crippen LogP contribution in [0.4, 0.5) is 0 Å². The summed E-state index contributed by atoms with van der Waals surface area (Å²) in [6.45, 7) is 11.9. The molecule has 0 aliphatic heterocycles. The van der Waals surface area contributed by atoms with Crippen molar-refractivity contribution in [2.24, 2.45) is 7.05 Å². The topological polar surface area (TPSA) is 29.9 Å². The van der Waals surface area contributed by atoms with Crippen molar-refractivity contribution in [3.05, 3.63) is 16.4 Å². The summed E-state index contributed by atoms with van der Waals surface area (Å²) >= 11 is 8.30. The predicted octanol–water partition coefficient (Wildman–Crippen LogP) is 3.43. The van der Waals surface area contributed by atoms with Crippen molar-refractivity contribution in [1.82, 2.24) is 15.1 Å². The van der Waals surface area contributed by atoms with Gasteiger partial charge in [-0.1, -0.05) is 39.3 Å². The number of thioether (sulfide) groups is 1. The molecular weight excluding hydrogens is 278 g/mol. The van der Waals surface area contributed by atoms with E-state index < -0.39 is 0 Å². The molecule has 0 bridgehead atoms. The maximum absolute atomic E-state index is 6.31. The van der Waals surface area contributed by atoms with Gasteiger partial charge >= 0.3 is 0 Å². The number of likely N-dealkylation sites (N-methyl/N-ethyl adjacent to an activating group) is 1. The second-order valence-electron chi connectivity index (χ2n) is 5.86. The van der Waals surface area contributed by atoms with E-state index in [0.717, 1.165) is 29.6 Å². The van der Waals surface area contributed by atoms with E-state index >= 15 is 0 Å². The van der Waals surface area contributed by atoms with Crippen molar-refractivity contribution >= 4 is 23.4 Å². The van der Waals surface area contributed by atoms with Gasteiger partial charge in [0.15, 0.2) is 0 Å². The summed E-state index contributed by atoms with van der Waals surface area (Å²) in [4.78, 5) is 0. The number of hydrogen-bond donors (Lipinski definition) is 1. The van der Waals surface area contributed by atoms with Crippen LogP contribution >= 0.6 is 23.4 Å². The first-order valence-corrected chi connectivity index (χ1v) is 8.16. The quantitative estimate of drug-likeness (QED) is 0.873. The minimum absolute atomic E-state index is 0.293. The molecule has 0 aliphatic carbocycles. The number of aromatic nitrogens is 2. The second-order valence-corrected chi connectivity index (χ2v) is 8.07. The molecule has 0 spiro atoms. The molecule has 1 N–H and O–H groups in total. The highest BCUT2D eigenvalue weighted by atomic mass is 35.5. The third-order valence-electron chi connectivity index (χ3n) is 2.93. The van der Waals surface area contributed by atoms with Crippen molar-refractivity contribution in [3.8, 4) is 0 Å². The van der Waals surface area contributed by atoms with Crippen LogP contribution < -0.4 is 5.32 Å². The Morgan fingerprint density at radius 3 is 2.47 bits per heavy atom. The summed E-state index contributed by atoms with van der Waals surface area (Å²) in [5.74, 6) is 1.09. The first-order valence-electron chi connectivity index (χ1n) is 6.80. The molecule has 0 saturated heterocycles. The smallest absolute Gasteiger partial charge is 0.130 e. The molecule has 0 amide bonds. The third-order valence-corrected chi connectivity index (χ3v) is 4.84. The molecule has 19 heavy (non-hydrogen) atoms. The fourth-order valence-electron chi connectivity index (χ4n) is 1.98. The second kappa shape index (κ2) is 7.00. The highest BCUT2D eigenvalue weighted by Gasteiger charge is 2.19. The highest BCUT2D eigenvalue weighted by molar-refractivity contribution is 8.00. The highest BCUT2D eigenvalue weighted by Crippen LogP contribution is 2.26. The summed E-state index contributed by atoms with van der Waals surface area (Å²) in [7, 11) is 1.89. The Hall–Kier alpha value is -0.190. The van der Waals surface area contributed by atoms with Crippen molar-refractivity contribution in [1.29, 1.82) is 0 Å². The van der Waals surface area contributed by atoms with Crippen molar-refractivity contribution < 1.29 is 0 Å². The third kappa shape index (κ3) is 5.36. The lowest BCUT2D eigenvalue weighted by Crippen LogP contribution is -2.34. The Bertz CT molecular complexity index is 410. The summed E-state index contributed by atoms with van der Waals surface area (Å²) in [5, 5.41) is 8.70. The Balaban J connectivity index is 2.72. The molecule has 5 heteroatoms. The Morgan fingerprint density at radius 1 is 1.42 bits per heavy atom. The molecule has 1 aromatic rings. The van der Waals surface area contributed by atoms with Gasteiger partial charge in [-0.3, -0.25) is 4.68 Å². The molecule has 3 nitrogen and oxygen atoms in total. The molecule has 1 heterocycles. The van der Waals surface area contributed by atoms with Gasteiger partial charge in [-0.05, 0) is 19.9 Å². The van der Waals surface area contributed by atoms with Crippen LogP contribution in [0.25, 0.3) is 0 Å². The van der Waals surface area contributed by atoms with Gasteiger partial charge < -0.3 is 5.32 Å². The minimum Gasteiger partial charge on any atom is -0.313 e. The zero-order chi connectivity index (χ0) is 14.6. The molecule has 1 aromatic heterocycles. The molecule has 1 atom stereocenters. The van der Waals surface area contributed by atoms with E-state index in [2.05, 4.69) is 38.1 Å². The number of rotatable bonds is 6. The van der Waals surface area contributed by atoms with Gasteiger partial charge in [0.1, 0.15) is 5.15 Å². The fourth-order valence-corrected chi connectivity index (χ4v) is 3.17. The Labute approximate surface area is 126 Å². The molecule has 0 fully saturated rings. The van der Waals surface area contributed by atoms with Crippen LogP contribution in [-0.2, 0) is 13.5 Å². The van der Waals surface area contributed by atoms with Gasteiger partial charge in [-0.15, -0.1) is 0 Å². The van der Waals surface area contributed by atoms with Gasteiger partial charge in [-0.2, -0.15) is 16.9 Å². The summed E-state index contributed by atoms with van der Waals surface area (Å²) < 4.78 is 2.05. The average Bonchev–Trinajstić information content (AvgIpc) is 2.52. The van der Waals surface area contributed by atoms with Gasteiger partial charge in [0.05, 0.1) is 5.69 Å². The maximum atomic E-state index is 6.31. The minimum atomic E-state index is 0.293. The molecule has 1 rings (SSSR count). The molecule has 0 radical (unpaired) electrons. The first kappa shape index (κ1) is 16.9. The lowest BCUT2D eigenvalue weighted by atomic mass is 10.1. The van der Waals surface area contributed by atoms with E-state index in [1.54, 1.807) is 4.68 Å². The average molecular weight is 304 g/mol. The fraction of sp³-hybridized carbons (Fsp3) is 0.786. The van der Waals surface area contributed by atoms with Gasteiger partial charge in [0.25, 0.3) is 0 Å². The van der Waals surface area contributed by atoms with Gasteiger partial charge in [0, 0.05) is 29.2 Å². The van der Waals surface area contributed by atoms with Crippen LogP contribution in [0.2, 0.25) is 5.15 Å². The van der Waals surface area contributed by atoms with E-state index in [4.69, 9.17) is 11.6 Å². The molecule has 0 saturated carbocycles. The number of nitrogens with zero attached hydrogens (tertiary/aromatic N) is 2. The van der Waals surface area contributed by atoms with E-state index in [1.165, 1.54) is 5.56 Å². The van der Waals surface area contributed by atoms with Crippen LogP contribution in [0.5, 0.6) is 0 Å². The van der Waals surface area contributed by atoms with Crippen LogP contribution in [-0.4, -0.2) is 32.9 Å². The van der Waals surface area contributed by atoms with Crippen LogP contribution in [0, 0.1) is 6.92 Å². The molecule has 110 valence electrons. The normalized spacial score (nSPS) is 13.8. The standard InChI is InChI=1S/C14H26ClN3S/c1-7-16-11(9-19-14(3,4)5)8-12-10(2)17-18(6)13(12)15/h11,16H,7-9H2,1-6H3. The van der Waals surface area contributed by atoms with Gasteiger partial charge in [0.2, 0.25) is 0 Å². The lowest BCUT2D eigenvalue weighted by Gasteiger charge is -2.23. The SMILES string of the molecule is CCNC(CSC(C)(C)C)Cc1c(C)nn(C)c1Cl. The molecule has 0 aliphatic rings. The maximum Gasteiger partial charge on any atom is 0.130 e. The molecular formula is C14H26ClN3S. The summed E-state index contributed by atoms with van der Waals surface area (Å²) in [5.41, 5.74) is 2.21. The van der Waals surface area contributed by atoms with E-state index in [-0.39, 0.29) is 0 Å². The number of hydrogen-bond acceptors (Lipinski definition) is 3. The van der Waals surface area contributed by atoms with Crippen LogP contribution in [0.15, 0.2) is 0 Å². The van der Waals surface area contributed by atoms with Gasteiger partial charge in [-0.25, -0.2) is 0 Å². The van der Waals surface area contributed by atoms with E-state index in [9.17, 15) is 0 Å². The number of nitrogens with one attached hydrogen (secondary N) is 1. The Kier molecular flexibility index (Phi) is 6.21. The predicted molar refractivity (Wildman–Crippen MR) is 86.3 cm³/mol. The zero-order valence-electron chi connectivity index (χ0n) is 12.9. The monoisotopic (exact) mass is 303 g/mol. The van der Waals surface area contributed by atoms with Crippen LogP contribution in [0.3, 0.4) is 0 Å². The number of aryl methyl sites for hydroxylation is 2. The Morgan fingerprint density at radius 2 is 2.05 bits per heavy atom. The zero-order valence-corrected chi connectivity index (χ0v) is 14.5.